The standard InChI is InChI=1S/C12H16BrCl2NO2S2/c1-3-19-5-4-8(2)16-20(17,18)12-10(14)6-9(13)7-11(12)15/h6-8,16H,3-5H2,1-2H3. The van der Waals surface area contributed by atoms with Crippen LogP contribution in [0.25, 0.3) is 0 Å². The van der Waals surface area contributed by atoms with Gasteiger partial charge in [0.1, 0.15) is 4.90 Å². The highest BCUT2D eigenvalue weighted by Gasteiger charge is 2.24. The van der Waals surface area contributed by atoms with Crippen molar-refractivity contribution in [2.45, 2.75) is 31.2 Å². The Morgan fingerprint density at radius 2 is 1.90 bits per heavy atom. The van der Waals surface area contributed by atoms with E-state index in [-0.39, 0.29) is 21.0 Å². The Bertz CT molecular complexity index is 544. The van der Waals surface area contributed by atoms with Crippen LogP contribution >= 0.6 is 50.9 Å². The van der Waals surface area contributed by atoms with E-state index in [0.717, 1.165) is 17.9 Å². The van der Waals surface area contributed by atoms with Crippen molar-refractivity contribution in [2.24, 2.45) is 0 Å². The molecule has 3 nitrogen and oxygen atoms in total. The molecule has 0 saturated carbocycles. The third kappa shape index (κ3) is 5.39. The molecule has 0 heterocycles. The van der Waals surface area contributed by atoms with E-state index in [9.17, 15) is 8.42 Å². The maximum absolute atomic E-state index is 12.3. The van der Waals surface area contributed by atoms with Crippen LogP contribution in [0.4, 0.5) is 0 Å². The smallest absolute Gasteiger partial charge is 0.208 e. The Morgan fingerprint density at radius 3 is 2.40 bits per heavy atom. The molecule has 114 valence electrons. The fraction of sp³-hybridized carbons (Fsp3) is 0.500. The molecule has 0 aliphatic carbocycles. The highest BCUT2D eigenvalue weighted by atomic mass is 79.9. The maximum atomic E-state index is 12.3. The summed E-state index contributed by atoms with van der Waals surface area (Å²) in [5.41, 5.74) is 0. The Kier molecular flexibility index (Phi) is 7.66. The molecule has 0 aromatic heterocycles. The van der Waals surface area contributed by atoms with Crippen LogP contribution in [0, 0.1) is 0 Å². The van der Waals surface area contributed by atoms with Crippen molar-refractivity contribution in [3.05, 3.63) is 26.7 Å². The molecule has 0 radical (unpaired) electrons. The van der Waals surface area contributed by atoms with Crippen LogP contribution in [0.3, 0.4) is 0 Å². The van der Waals surface area contributed by atoms with Crippen LogP contribution in [-0.4, -0.2) is 26.0 Å². The van der Waals surface area contributed by atoms with E-state index in [1.165, 1.54) is 12.1 Å². The molecule has 1 unspecified atom stereocenters. The van der Waals surface area contributed by atoms with E-state index < -0.39 is 10.0 Å². The normalized spacial score (nSPS) is 13.4. The Morgan fingerprint density at radius 1 is 1.35 bits per heavy atom. The quantitative estimate of drug-likeness (QED) is 0.657. The molecule has 0 amide bonds. The zero-order chi connectivity index (χ0) is 15.3. The zero-order valence-electron chi connectivity index (χ0n) is 11.1. The van der Waals surface area contributed by atoms with Gasteiger partial charge in [-0.3, -0.25) is 0 Å². The third-order valence-corrected chi connectivity index (χ3v) is 6.39. The predicted molar refractivity (Wildman–Crippen MR) is 91.6 cm³/mol. The number of hydrogen-bond acceptors (Lipinski definition) is 3. The summed E-state index contributed by atoms with van der Waals surface area (Å²) in [6.45, 7) is 3.90. The molecule has 0 aliphatic rings. The minimum absolute atomic E-state index is 0.0703. The molecule has 1 rings (SSSR count). The van der Waals surface area contributed by atoms with Crippen molar-refractivity contribution in [3.63, 3.8) is 0 Å². The van der Waals surface area contributed by atoms with E-state index in [1.807, 2.05) is 6.92 Å². The summed E-state index contributed by atoms with van der Waals surface area (Å²) in [7, 11) is -3.72. The largest absolute Gasteiger partial charge is 0.243 e. The lowest BCUT2D eigenvalue weighted by atomic mass is 10.3. The number of nitrogens with one attached hydrogen (secondary N) is 1. The molecule has 0 bridgehead atoms. The van der Waals surface area contributed by atoms with Gasteiger partial charge in [0.2, 0.25) is 10.0 Å². The second-order valence-corrected chi connectivity index (χ2v) is 8.98. The average Bonchev–Trinajstić information content (AvgIpc) is 2.26. The first-order valence-electron chi connectivity index (χ1n) is 6.02. The molecule has 0 aliphatic heterocycles. The van der Waals surface area contributed by atoms with Crippen LogP contribution in [0.2, 0.25) is 10.0 Å². The van der Waals surface area contributed by atoms with Crippen molar-refractivity contribution in [1.82, 2.24) is 4.72 Å². The Hall–Kier alpha value is 0.540. The first-order chi connectivity index (χ1) is 9.27. The first-order valence-corrected chi connectivity index (χ1v) is 10.2. The number of rotatable bonds is 7. The van der Waals surface area contributed by atoms with E-state index in [4.69, 9.17) is 23.2 Å². The van der Waals surface area contributed by atoms with Gasteiger partial charge in [0.15, 0.2) is 0 Å². The third-order valence-electron chi connectivity index (χ3n) is 2.49. The van der Waals surface area contributed by atoms with Crippen molar-refractivity contribution >= 4 is 60.9 Å². The van der Waals surface area contributed by atoms with Gasteiger partial charge in [0.05, 0.1) is 10.0 Å². The summed E-state index contributed by atoms with van der Waals surface area (Å²) in [5.74, 6) is 1.92. The highest BCUT2D eigenvalue weighted by Crippen LogP contribution is 2.32. The molecule has 1 aromatic rings. The SMILES string of the molecule is CCSCCC(C)NS(=O)(=O)c1c(Cl)cc(Br)cc1Cl. The summed E-state index contributed by atoms with van der Waals surface area (Å²) in [6.07, 6.45) is 0.753. The summed E-state index contributed by atoms with van der Waals surface area (Å²) in [6, 6.07) is 2.86. The van der Waals surface area contributed by atoms with E-state index in [0.29, 0.717) is 4.47 Å². The maximum Gasteiger partial charge on any atom is 0.243 e. The summed E-state index contributed by atoms with van der Waals surface area (Å²) < 4.78 is 27.9. The van der Waals surface area contributed by atoms with E-state index in [2.05, 4.69) is 27.6 Å². The Labute approximate surface area is 143 Å². The van der Waals surface area contributed by atoms with Crippen molar-refractivity contribution in [3.8, 4) is 0 Å². The van der Waals surface area contributed by atoms with Crippen LogP contribution in [-0.2, 0) is 10.0 Å². The lowest BCUT2D eigenvalue weighted by molar-refractivity contribution is 0.557. The van der Waals surface area contributed by atoms with Crippen LogP contribution in [0.1, 0.15) is 20.3 Å². The summed E-state index contributed by atoms with van der Waals surface area (Å²) in [5, 5.41) is 0.207. The highest BCUT2D eigenvalue weighted by molar-refractivity contribution is 9.10. The van der Waals surface area contributed by atoms with Crippen LogP contribution in [0.15, 0.2) is 21.5 Å². The van der Waals surface area contributed by atoms with Gasteiger partial charge in [0.25, 0.3) is 0 Å². The molecule has 1 aromatic carbocycles. The fourth-order valence-corrected chi connectivity index (χ4v) is 5.60. The molecule has 0 saturated heterocycles. The van der Waals surface area contributed by atoms with Gasteiger partial charge in [-0.05, 0) is 37.0 Å². The number of thioether (sulfide) groups is 1. The van der Waals surface area contributed by atoms with Gasteiger partial charge in [-0.25, -0.2) is 13.1 Å². The average molecular weight is 421 g/mol. The predicted octanol–water partition coefficient (Wildman–Crippen LogP) is 4.57. The van der Waals surface area contributed by atoms with Gasteiger partial charge in [0, 0.05) is 10.5 Å². The first kappa shape index (κ1) is 18.6. The second-order valence-electron chi connectivity index (χ2n) is 4.21. The van der Waals surface area contributed by atoms with E-state index >= 15 is 0 Å². The van der Waals surface area contributed by atoms with Gasteiger partial charge < -0.3 is 0 Å². The molecule has 0 spiro atoms. The van der Waals surface area contributed by atoms with Crippen LogP contribution in [0.5, 0.6) is 0 Å². The summed E-state index contributed by atoms with van der Waals surface area (Å²) in [4.78, 5) is -0.0703. The number of hydrogen-bond donors (Lipinski definition) is 1. The van der Waals surface area contributed by atoms with E-state index in [1.54, 1.807) is 11.8 Å². The number of sulfonamides is 1. The molecule has 1 atom stereocenters. The molecule has 8 heteroatoms. The lowest BCUT2D eigenvalue weighted by Gasteiger charge is -2.15. The number of halogens is 3. The zero-order valence-corrected chi connectivity index (χ0v) is 15.9. The van der Waals surface area contributed by atoms with Crippen molar-refractivity contribution in [2.75, 3.05) is 11.5 Å². The van der Waals surface area contributed by atoms with Gasteiger partial charge >= 0.3 is 0 Å². The van der Waals surface area contributed by atoms with Crippen LogP contribution < -0.4 is 4.72 Å². The molecular formula is C12H16BrCl2NO2S2. The topological polar surface area (TPSA) is 46.2 Å². The van der Waals surface area contributed by atoms with Gasteiger partial charge in [-0.15, -0.1) is 0 Å². The second kappa shape index (κ2) is 8.25. The minimum atomic E-state index is -3.72. The van der Waals surface area contributed by atoms with Crippen molar-refractivity contribution in [1.29, 1.82) is 0 Å². The fourth-order valence-electron chi connectivity index (χ4n) is 1.57. The number of benzene rings is 1. The summed E-state index contributed by atoms with van der Waals surface area (Å²) >= 11 is 17.0. The van der Waals surface area contributed by atoms with Gasteiger partial charge in [-0.2, -0.15) is 11.8 Å². The monoisotopic (exact) mass is 419 g/mol. The molecular weight excluding hydrogens is 405 g/mol. The Balaban J connectivity index is 2.89. The molecule has 1 N–H and O–H groups in total. The minimum Gasteiger partial charge on any atom is -0.208 e. The van der Waals surface area contributed by atoms with Crippen molar-refractivity contribution < 1.29 is 8.42 Å². The van der Waals surface area contributed by atoms with Gasteiger partial charge in [-0.1, -0.05) is 46.1 Å². The molecule has 0 fully saturated rings. The molecule has 20 heavy (non-hydrogen) atoms. The lowest BCUT2D eigenvalue weighted by Crippen LogP contribution is -2.33.